The first-order valence-electron chi connectivity index (χ1n) is 9.37. The summed E-state index contributed by atoms with van der Waals surface area (Å²) in [4.78, 5) is 62.6. The lowest BCUT2D eigenvalue weighted by atomic mass is 10.1. The number of carboxylic acid groups (broad SMARTS) is 1. The number of thiol groups is 1. The van der Waals surface area contributed by atoms with Crippen LogP contribution in [-0.4, -0.2) is 88.8 Å². The van der Waals surface area contributed by atoms with E-state index < -0.39 is 66.8 Å². The molecule has 4 amide bonds. The summed E-state index contributed by atoms with van der Waals surface area (Å²) in [5.41, 5.74) is 21.0. The summed E-state index contributed by atoms with van der Waals surface area (Å²) in [5.74, 6) is -5.45. The molecule has 0 bridgehead atoms. The first-order chi connectivity index (χ1) is 14.9. The molecule has 0 aromatic carbocycles. The maximum Gasteiger partial charge on any atom is 0.326 e. The largest absolute Gasteiger partial charge is 0.480 e. The van der Waals surface area contributed by atoms with Gasteiger partial charge in [0.05, 0.1) is 19.1 Å². The third-order valence-electron chi connectivity index (χ3n) is 3.96. The predicted molar refractivity (Wildman–Crippen MR) is 116 cm³/mol. The highest BCUT2D eigenvalue weighted by Crippen LogP contribution is 1.99. The Kier molecular flexibility index (Phi) is 13.4. The van der Waals surface area contributed by atoms with E-state index in [2.05, 4.69) is 33.6 Å². The van der Waals surface area contributed by atoms with Crippen LogP contribution in [0.5, 0.6) is 0 Å². The minimum Gasteiger partial charge on any atom is -0.480 e. The normalized spacial score (nSPS) is 14.2. The number of aliphatic hydroxyl groups excluding tert-OH is 1. The first kappa shape index (κ1) is 28.9. The van der Waals surface area contributed by atoms with Gasteiger partial charge in [-0.1, -0.05) is 0 Å². The van der Waals surface area contributed by atoms with Crippen LogP contribution in [0.1, 0.15) is 19.3 Å². The summed E-state index contributed by atoms with van der Waals surface area (Å²) in [7, 11) is 0. The molecule has 13 N–H and O–H groups in total. The molecule has 182 valence electrons. The molecule has 0 aliphatic heterocycles. The molecule has 0 fully saturated rings. The van der Waals surface area contributed by atoms with Gasteiger partial charge in [-0.2, -0.15) is 12.6 Å². The van der Waals surface area contributed by atoms with E-state index in [1.165, 1.54) is 0 Å². The average Bonchev–Trinajstić information content (AvgIpc) is 2.71. The van der Waals surface area contributed by atoms with E-state index in [0.717, 1.165) is 0 Å². The molecule has 32 heavy (non-hydrogen) atoms. The Balaban J connectivity index is 4.90. The smallest absolute Gasteiger partial charge is 0.326 e. The van der Waals surface area contributed by atoms with Crippen molar-refractivity contribution >= 4 is 48.2 Å². The maximum absolute atomic E-state index is 12.4. The van der Waals surface area contributed by atoms with E-state index in [1.807, 2.05) is 0 Å². The summed E-state index contributed by atoms with van der Waals surface area (Å²) in [6, 6.07) is -5.40. The fraction of sp³-hybridized carbons (Fsp3) is 0.625. The van der Waals surface area contributed by atoms with Crippen molar-refractivity contribution in [3.05, 3.63) is 0 Å². The molecule has 0 aromatic rings. The molecule has 0 aliphatic carbocycles. The van der Waals surface area contributed by atoms with Gasteiger partial charge in [-0.05, 0) is 12.8 Å². The molecule has 15 nitrogen and oxygen atoms in total. The predicted octanol–water partition coefficient (Wildman–Crippen LogP) is -5.30. The zero-order valence-electron chi connectivity index (χ0n) is 17.2. The van der Waals surface area contributed by atoms with E-state index in [4.69, 9.17) is 28.0 Å². The van der Waals surface area contributed by atoms with Gasteiger partial charge in [0.25, 0.3) is 0 Å². The van der Waals surface area contributed by atoms with E-state index in [-0.39, 0.29) is 24.7 Å². The van der Waals surface area contributed by atoms with E-state index in [9.17, 15) is 29.1 Å². The lowest BCUT2D eigenvalue weighted by molar-refractivity contribution is -0.143. The third kappa shape index (κ3) is 11.3. The molecule has 0 radical (unpaired) electrons. The zero-order valence-corrected chi connectivity index (χ0v) is 18.1. The van der Waals surface area contributed by atoms with Crippen LogP contribution < -0.4 is 38.9 Å². The van der Waals surface area contributed by atoms with Crippen LogP contribution in [0.4, 0.5) is 0 Å². The van der Waals surface area contributed by atoms with Crippen molar-refractivity contribution in [1.82, 2.24) is 16.0 Å². The van der Waals surface area contributed by atoms with Gasteiger partial charge in [-0.25, -0.2) is 4.79 Å². The third-order valence-corrected chi connectivity index (χ3v) is 4.32. The maximum atomic E-state index is 12.4. The minimum absolute atomic E-state index is 0.105. The molecule has 4 unspecified atom stereocenters. The summed E-state index contributed by atoms with van der Waals surface area (Å²) < 4.78 is 0. The topological polar surface area (TPSA) is 278 Å². The number of amides is 4. The Bertz CT molecular complexity index is 717. The number of aliphatic carboxylic acids is 1. The second-order valence-corrected chi connectivity index (χ2v) is 6.98. The summed E-state index contributed by atoms with van der Waals surface area (Å²) >= 11 is 3.92. The van der Waals surface area contributed by atoms with Crippen LogP contribution in [0, 0.1) is 0 Å². The molecule has 16 heteroatoms. The Morgan fingerprint density at radius 3 is 1.91 bits per heavy atom. The second-order valence-electron chi connectivity index (χ2n) is 6.61. The Hall–Kier alpha value is -3.11. The number of aliphatic hydroxyl groups is 1. The van der Waals surface area contributed by atoms with Gasteiger partial charge in [0, 0.05) is 12.3 Å². The summed E-state index contributed by atoms with van der Waals surface area (Å²) in [5, 5.41) is 25.0. The number of primary amides is 1. The number of carbonyl (C=O) groups excluding carboxylic acids is 4. The number of rotatable bonds is 15. The van der Waals surface area contributed by atoms with Crippen LogP contribution in [0.2, 0.25) is 0 Å². The molecule has 0 heterocycles. The van der Waals surface area contributed by atoms with Crippen molar-refractivity contribution in [3.63, 3.8) is 0 Å². The number of carbonyl (C=O) groups is 5. The van der Waals surface area contributed by atoms with Gasteiger partial charge in [0.2, 0.25) is 23.6 Å². The van der Waals surface area contributed by atoms with Crippen molar-refractivity contribution in [3.8, 4) is 0 Å². The van der Waals surface area contributed by atoms with Crippen molar-refractivity contribution in [2.75, 3.05) is 18.9 Å². The minimum atomic E-state index is -1.61. The van der Waals surface area contributed by atoms with Crippen LogP contribution in [-0.2, 0) is 24.0 Å². The molecular weight excluding hydrogens is 448 g/mol. The van der Waals surface area contributed by atoms with Gasteiger partial charge in [0.1, 0.15) is 18.1 Å². The lowest BCUT2D eigenvalue weighted by Gasteiger charge is -2.23. The molecule has 0 spiro atoms. The Morgan fingerprint density at radius 2 is 1.44 bits per heavy atom. The lowest BCUT2D eigenvalue weighted by Crippen LogP contribution is -2.58. The number of nitrogens with two attached hydrogens (primary N) is 4. The number of hydrogen-bond donors (Lipinski definition) is 10. The molecule has 0 rings (SSSR count). The molecule has 0 aromatic heterocycles. The standard InChI is InChI=1S/C16H30N8O7S/c17-7(2-1-3-21-16(19)20)12(27)23-9(5-25)13(28)24-10(6-32)14(29)22-8(15(30)31)4-11(18)26/h7-10,25,32H,1-6,17H2,(H2,18,26)(H,22,29)(H,23,27)(H,24,28)(H,30,31)(H4,19,20,21). The van der Waals surface area contributed by atoms with Crippen LogP contribution in [0.3, 0.4) is 0 Å². The second kappa shape index (κ2) is 14.8. The summed E-state index contributed by atoms with van der Waals surface area (Å²) in [6.07, 6.45) is -0.0778. The number of guanidine groups is 1. The van der Waals surface area contributed by atoms with E-state index in [0.29, 0.717) is 6.42 Å². The monoisotopic (exact) mass is 478 g/mol. The van der Waals surface area contributed by atoms with E-state index >= 15 is 0 Å². The molecule has 4 atom stereocenters. The molecule has 0 saturated heterocycles. The van der Waals surface area contributed by atoms with Gasteiger partial charge >= 0.3 is 5.97 Å². The van der Waals surface area contributed by atoms with Crippen molar-refractivity contribution in [1.29, 1.82) is 0 Å². The summed E-state index contributed by atoms with van der Waals surface area (Å²) in [6.45, 7) is -0.558. The van der Waals surface area contributed by atoms with Crippen LogP contribution in [0.25, 0.3) is 0 Å². The first-order valence-corrected chi connectivity index (χ1v) is 10.0. The van der Waals surface area contributed by atoms with E-state index in [1.54, 1.807) is 0 Å². The van der Waals surface area contributed by atoms with Crippen LogP contribution in [0.15, 0.2) is 4.99 Å². The number of carboxylic acids is 1. The molecule has 0 saturated carbocycles. The van der Waals surface area contributed by atoms with Crippen LogP contribution >= 0.6 is 12.6 Å². The average molecular weight is 479 g/mol. The highest BCUT2D eigenvalue weighted by molar-refractivity contribution is 7.80. The molecule has 0 aliphatic rings. The fourth-order valence-electron chi connectivity index (χ4n) is 2.26. The zero-order chi connectivity index (χ0) is 24.8. The van der Waals surface area contributed by atoms with Crippen molar-refractivity contribution < 1.29 is 34.2 Å². The number of hydrogen-bond acceptors (Lipinski definition) is 9. The Labute approximate surface area is 189 Å². The number of nitrogens with one attached hydrogen (secondary N) is 3. The highest BCUT2D eigenvalue weighted by Gasteiger charge is 2.30. The Morgan fingerprint density at radius 1 is 0.906 bits per heavy atom. The van der Waals surface area contributed by atoms with Crippen molar-refractivity contribution in [2.45, 2.75) is 43.4 Å². The number of aliphatic imine (C=N–C) groups is 1. The SMILES string of the molecule is NC(=O)CC(NC(=O)C(CS)NC(=O)C(CO)NC(=O)C(N)CCCN=C(N)N)C(=O)O. The van der Waals surface area contributed by atoms with Crippen molar-refractivity contribution in [2.24, 2.45) is 27.9 Å². The van der Waals surface area contributed by atoms with Gasteiger partial charge < -0.3 is 49.1 Å². The van der Waals surface area contributed by atoms with Gasteiger partial charge in [0.15, 0.2) is 5.96 Å². The quantitative estimate of drug-likeness (QED) is 0.0461. The molecular formula is C16H30N8O7S. The van der Waals surface area contributed by atoms with Gasteiger partial charge in [-0.3, -0.25) is 24.2 Å². The number of nitrogens with zero attached hydrogens (tertiary/aromatic N) is 1. The fourth-order valence-corrected chi connectivity index (χ4v) is 2.52. The van der Waals surface area contributed by atoms with Gasteiger partial charge in [-0.15, -0.1) is 0 Å². The highest BCUT2D eigenvalue weighted by atomic mass is 32.1.